The van der Waals surface area contributed by atoms with Gasteiger partial charge in [-0.05, 0) is 46.5 Å². The molecule has 1 aliphatic rings. The van der Waals surface area contributed by atoms with E-state index in [1.54, 1.807) is 17.1 Å². The Labute approximate surface area is 149 Å². The number of hydrogen-bond acceptors (Lipinski definition) is 4. The lowest BCUT2D eigenvalue weighted by Gasteiger charge is -2.31. The highest BCUT2D eigenvalue weighted by Gasteiger charge is 2.26. The smallest absolute Gasteiger partial charge is 0.269 e. The molecule has 1 amide bonds. The van der Waals surface area contributed by atoms with Gasteiger partial charge in [0.1, 0.15) is 5.82 Å². The monoisotopic (exact) mass is 398 g/mol. The van der Waals surface area contributed by atoms with E-state index in [0.717, 1.165) is 37.5 Å². The van der Waals surface area contributed by atoms with E-state index >= 15 is 0 Å². The van der Waals surface area contributed by atoms with E-state index in [0.29, 0.717) is 21.7 Å². The highest BCUT2D eigenvalue weighted by atomic mass is 79.9. The summed E-state index contributed by atoms with van der Waals surface area (Å²) in [5, 5.41) is 9.01. The van der Waals surface area contributed by atoms with Crippen LogP contribution >= 0.6 is 27.5 Å². The zero-order valence-corrected chi connectivity index (χ0v) is 15.0. The molecule has 7 heteroatoms. The summed E-state index contributed by atoms with van der Waals surface area (Å²) in [4.78, 5) is 12.5. The van der Waals surface area contributed by atoms with Crippen LogP contribution in [-0.2, 0) is 5.88 Å². The minimum Gasteiger partial charge on any atom is -0.383 e. The fourth-order valence-electron chi connectivity index (χ4n) is 2.62. The molecule has 0 aliphatic heterocycles. The molecule has 0 spiro atoms. The number of carbonyl (C=O) groups is 1. The summed E-state index contributed by atoms with van der Waals surface area (Å²) >= 11 is 9.02. The fourth-order valence-corrected chi connectivity index (χ4v) is 2.99. The molecule has 23 heavy (non-hydrogen) atoms. The number of hydrogen-bond donors (Lipinski definition) is 3. The van der Waals surface area contributed by atoms with Crippen molar-refractivity contribution in [3.05, 3.63) is 45.7 Å². The predicted octanol–water partition coefficient (Wildman–Crippen LogP) is 3.49. The number of nitrogens with two attached hydrogens (primary N) is 1. The maximum atomic E-state index is 12.5. The zero-order valence-electron chi connectivity index (χ0n) is 12.7. The number of carbonyl (C=O) groups excluding carboxylic acids is 1. The minimum absolute atomic E-state index is 0.147. The standard InChI is InChI=1S/C16H20BrClN4O/c17-14(10-19)15(20)22(13-3-1-2-4-13)21-16(23)12-7-5-11(9-18)6-8-12/h5-8,10,13,19H,1-4,9,20H2,(H,21,23)/b15-14-,19-10?. The van der Waals surface area contributed by atoms with Crippen molar-refractivity contribution in [2.45, 2.75) is 37.6 Å². The molecule has 0 saturated heterocycles. The van der Waals surface area contributed by atoms with Crippen LogP contribution in [0.3, 0.4) is 0 Å². The Balaban J connectivity index is 2.18. The predicted molar refractivity (Wildman–Crippen MR) is 96.5 cm³/mol. The SMILES string of the molecule is N=C/C(Br)=C(\N)N(NC(=O)c1ccc(CCl)cc1)C1CCCC1. The molecule has 0 atom stereocenters. The van der Waals surface area contributed by atoms with Gasteiger partial charge in [-0.2, -0.15) is 0 Å². The van der Waals surface area contributed by atoms with E-state index in [4.69, 9.17) is 22.7 Å². The van der Waals surface area contributed by atoms with E-state index in [2.05, 4.69) is 21.4 Å². The van der Waals surface area contributed by atoms with Crippen LogP contribution in [0.2, 0.25) is 0 Å². The van der Waals surface area contributed by atoms with E-state index in [1.165, 1.54) is 0 Å². The Morgan fingerprint density at radius 1 is 1.39 bits per heavy atom. The number of nitrogens with one attached hydrogen (secondary N) is 2. The Bertz CT molecular complexity index is 597. The number of rotatable bonds is 6. The molecule has 0 heterocycles. The van der Waals surface area contributed by atoms with Gasteiger partial charge in [-0.25, -0.2) is 0 Å². The fraction of sp³-hybridized carbons (Fsp3) is 0.375. The maximum Gasteiger partial charge on any atom is 0.269 e. The van der Waals surface area contributed by atoms with Gasteiger partial charge in [-0.3, -0.25) is 15.2 Å². The quantitative estimate of drug-likeness (QED) is 0.389. The van der Waals surface area contributed by atoms with Crippen LogP contribution in [0.25, 0.3) is 0 Å². The maximum absolute atomic E-state index is 12.5. The molecule has 124 valence electrons. The number of allylic oxidation sites excluding steroid dienone is 1. The molecule has 0 radical (unpaired) electrons. The van der Waals surface area contributed by atoms with Crippen molar-refractivity contribution >= 4 is 39.7 Å². The molecule has 1 aliphatic carbocycles. The average Bonchev–Trinajstić information content (AvgIpc) is 3.12. The normalized spacial score (nSPS) is 15.9. The minimum atomic E-state index is -0.230. The summed E-state index contributed by atoms with van der Waals surface area (Å²) in [5.74, 6) is 0.529. The number of nitrogens with zero attached hydrogens (tertiary/aromatic N) is 1. The lowest BCUT2D eigenvalue weighted by Crippen LogP contribution is -2.49. The average molecular weight is 400 g/mol. The van der Waals surface area contributed by atoms with Gasteiger partial charge in [0.25, 0.3) is 5.91 Å². The summed E-state index contributed by atoms with van der Waals surface area (Å²) in [7, 11) is 0. The van der Waals surface area contributed by atoms with Gasteiger partial charge in [0.15, 0.2) is 0 Å². The summed E-state index contributed by atoms with van der Waals surface area (Å²) < 4.78 is 0.446. The third-order valence-corrected chi connectivity index (χ3v) is 4.86. The lowest BCUT2D eigenvalue weighted by molar-refractivity contribution is 0.0775. The van der Waals surface area contributed by atoms with Crippen molar-refractivity contribution in [2.24, 2.45) is 5.73 Å². The summed E-state index contributed by atoms with van der Waals surface area (Å²) in [6.45, 7) is 0. The van der Waals surface area contributed by atoms with Crippen molar-refractivity contribution in [1.82, 2.24) is 10.4 Å². The molecule has 0 bridgehead atoms. The third kappa shape index (κ3) is 4.48. The van der Waals surface area contributed by atoms with Crippen molar-refractivity contribution in [2.75, 3.05) is 0 Å². The van der Waals surface area contributed by atoms with E-state index < -0.39 is 0 Å². The van der Waals surface area contributed by atoms with Gasteiger partial charge in [0, 0.05) is 17.7 Å². The van der Waals surface area contributed by atoms with Gasteiger partial charge in [-0.15, -0.1) is 11.6 Å². The van der Waals surface area contributed by atoms with Crippen LogP contribution < -0.4 is 11.2 Å². The number of alkyl halides is 1. The van der Waals surface area contributed by atoms with Crippen LogP contribution in [0.4, 0.5) is 0 Å². The second-order valence-corrected chi connectivity index (χ2v) is 6.58. The van der Waals surface area contributed by atoms with Crippen LogP contribution in [0.5, 0.6) is 0 Å². The first-order chi connectivity index (χ1) is 11.1. The lowest BCUT2D eigenvalue weighted by atomic mass is 10.1. The van der Waals surface area contributed by atoms with Gasteiger partial charge in [0.2, 0.25) is 0 Å². The number of amides is 1. The highest BCUT2D eigenvalue weighted by Crippen LogP contribution is 2.25. The third-order valence-electron chi connectivity index (χ3n) is 3.91. The second kappa shape index (κ2) is 8.36. The van der Waals surface area contributed by atoms with Crippen molar-refractivity contribution < 1.29 is 4.79 Å². The van der Waals surface area contributed by atoms with Crippen LogP contribution in [0.15, 0.2) is 34.6 Å². The number of hydrazine groups is 1. The van der Waals surface area contributed by atoms with Crippen LogP contribution in [0, 0.1) is 5.41 Å². The largest absolute Gasteiger partial charge is 0.383 e. The van der Waals surface area contributed by atoms with Gasteiger partial charge < -0.3 is 11.1 Å². The molecule has 4 N–H and O–H groups in total. The molecule has 1 aromatic carbocycles. The van der Waals surface area contributed by atoms with Gasteiger partial charge in [-0.1, -0.05) is 25.0 Å². The van der Waals surface area contributed by atoms with Crippen molar-refractivity contribution in [3.8, 4) is 0 Å². The van der Waals surface area contributed by atoms with Gasteiger partial charge in [0.05, 0.1) is 10.5 Å². The number of benzene rings is 1. The van der Waals surface area contributed by atoms with Crippen LogP contribution in [0.1, 0.15) is 41.6 Å². The second-order valence-electron chi connectivity index (χ2n) is 5.46. The summed E-state index contributed by atoms with van der Waals surface area (Å²) in [6.07, 6.45) is 5.27. The Morgan fingerprint density at radius 3 is 2.52 bits per heavy atom. The molecule has 1 aromatic rings. The molecular weight excluding hydrogens is 380 g/mol. The summed E-state index contributed by atoms with van der Waals surface area (Å²) in [5.41, 5.74) is 10.5. The topological polar surface area (TPSA) is 82.2 Å². The van der Waals surface area contributed by atoms with E-state index in [1.807, 2.05) is 12.1 Å². The first kappa shape index (κ1) is 17.8. The van der Waals surface area contributed by atoms with Crippen molar-refractivity contribution in [3.63, 3.8) is 0 Å². The zero-order chi connectivity index (χ0) is 16.8. The van der Waals surface area contributed by atoms with E-state index in [9.17, 15) is 4.79 Å². The Hall–Kier alpha value is -1.53. The molecule has 2 rings (SSSR count). The first-order valence-electron chi connectivity index (χ1n) is 7.47. The Morgan fingerprint density at radius 2 is 2.00 bits per heavy atom. The molecule has 1 saturated carbocycles. The molecule has 0 aromatic heterocycles. The van der Waals surface area contributed by atoms with Crippen molar-refractivity contribution in [1.29, 1.82) is 5.41 Å². The first-order valence-corrected chi connectivity index (χ1v) is 8.80. The summed E-state index contributed by atoms with van der Waals surface area (Å²) in [6, 6.07) is 7.29. The molecule has 1 fully saturated rings. The van der Waals surface area contributed by atoms with Gasteiger partial charge >= 0.3 is 0 Å². The van der Waals surface area contributed by atoms with Crippen LogP contribution in [-0.4, -0.2) is 23.2 Å². The number of halogens is 2. The van der Waals surface area contributed by atoms with E-state index in [-0.39, 0.29) is 11.9 Å². The molecular formula is C16H20BrClN4O. The Kier molecular flexibility index (Phi) is 6.47. The molecule has 5 nitrogen and oxygen atoms in total. The molecule has 0 unspecified atom stereocenters. The highest BCUT2D eigenvalue weighted by molar-refractivity contribution is 9.12.